The first kappa shape index (κ1) is 11.5. The van der Waals surface area contributed by atoms with Crippen LogP contribution >= 0.6 is 0 Å². The zero-order chi connectivity index (χ0) is 11.6. The first-order valence-corrected chi connectivity index (χ1v) is 4.61. The van der Waals surface area contributed by atoms with Gasteiger partial charge in [-0.25, -0.2) is 10.6 Å². The zero-order valence-electron chi connectivity index (χ0n) is 9.15. The molecule has 0 aliphatic heterocycles. The smallest absolute Gasteiger partial charge is 0.302 e. The lowest BCUT2D eigenvalue weighted by atomic mass is 9.92. The van der Waals surface area contributed by atoms with E-state index in [1.54, 1.807) is 33.3 Å². The quantitative estimate of drug-likeness (QED) is 0.391. The van der Waals surface area contributed by atoms with Crippen LogP contribution in [0.3, 0.4) is 0 Å². The summed E-state index contributed by atoms with van der Waals surface area (Å²) < 4.78 is 2.94. The van der Waals surface area contributed by atoms with Gasteiger partial charge in [0.05, 0.1) is 5.41 Å². The summed E-state index contributed by atoms with van der Waals surface area (Å²) >= 11 is 0. The lowest BCUT2D eigenvalue weighted by Gasteiger charge is -2.21. The van der Waals surface area contributed by atoms with Gasteiger partial charge in [-0.2, -0.15) is 0 Å². The van der Waals surface area contributed by atoms with Crippen LogP contribution in [0, 0.1) is 5.41 Å². The van der Waals surface area contributed by atoms with Gasteiger partial charge in [0.25, 0.3) is 0 Å². The van der Waals surface area contributed by atoms with Gasteiger partial charge in [0.1, 0.15) is 0 Å². The van der Waals surface area contributed by atoms with Gasteiger partial charge in [-0.3, -0.25) is 14.8 Å². The zero-order valence-corrected chi connectivity index (χ0v) is 9.15. The average molecular weight is 212 g/mol. The van der Waals surface area contributed by atoms with Crippen molar-refractivity contribution >= 4 is 5.91 Å². The first-order valence-electron chi connectivity index (χ1n) is 4.61. The molecule has 0 bridgehead atoms. The van der Waals surface area contributed by atoms with E-state index in [4.69, 9.17) is 5.84 Å². The van der Waals surface area contributed by atoms with Gasteiger partial charge in [-0.1, -0.05) is 0 Å². The third-order valence-corrected chi connectivity index (χ3v) is 2.33. The predicted molar refractivity (Wildman–Crippen MR) is 55.8 cm³/mol. The number of hydrazine groups is 1. The van der Waals surface area contributed by atoms with Crippen LogP contribution in [0.5, 0.6) is 0 Å². The number of hydrogen-bond donors (Lipinski definition) is 2. The molecule has 15 heavy (non-hydrogen) atoms. The molecule has 0 aliphatic carbocycles. The van der Waals surface area contributed by atoms with E-state index >= 15 is 0 Å². The largest absolute Gasteiger partial charge is 0.327 e. The molecule has 0 saturated carbocycles. The lowest BCUT2D eigenvalue weighted by Crippen LogP contribution is -2.44. The third-order valence-electron chi connectivity index (χ3n) is 2.33. The van der Waals surface area contributed by atoms with Crippen molar-refractivity contribution in [2.45, 2.75) is 20.4 Å². The van der Waals surface area contributed by atoms with Crippen LogP contribution in [0.2, 0.25) is 0 Å². The number of nitrogens with one attached hydrogen (secondary N) is 1. The van der Waals surface area contributed by atoms with Crippen LogP contribution in [0.1, 0.15) is 13.8 Å². The topological polar surface area (TPSA) is 82.1 Å². The summed E-state index contributed by atoms with van der Waals surface area (Å²) in [6.45, 7) is 3.76. The molecule has 84 valence electrons. The Morgan fingerprint density at radius 1 is 1.53 bits per heavy atom. The molecule has 1 rings (SSSR count). The van der Waals surface area contributed by atoms with Gasteiger partial charge in [0, 0.05) is 26.0 Å². The van der Waals surface area contributed by atoms with Gasteiger partial charge in [0.2, 0.25) is 5.91 Å². The molecular formula is C9H16N4O2. The fourth-order valence-electron chi connectivity index (χ4n) is 1.32. The van der Waals surface area contributed by atoms with Crippen molar-refractivity contribution in [1.29, 1.82) is 0 Å². The molecule has 6 nitrogen and oxygen atoms in total. The fraction of sp³-hybridized carbons (Fsp3) is 0.556. The SMILES string of the molecule is Cn1ccn(CC(C)(C)C(=O)NN)c1=O. The van der Waals surface area contributed by atoms with Crippen LogP contribution < -0.4 is 17.0 Å². The molecule has 6 heteroatoms. The fourth-order valence-corrected chi connectivity index (χ4v) is 1.32. The maximum absolute atomic E-state index is 11.5. The molecular weight excluding hydrogens is 196 g/mol. The van der Waals surface area contributed by atoms with Crippen molar-refractivity contribution in [3.05, 3.63) is 22.9 Å². The van der Waals surface area contributed by atoms with E-state index in [2.05, 4.69) is 5.43 Å². The molecule has 1 aromatic heterocycles. The van der Waals surface area contributed by atoms with E-state index in [-0.39, 0.29) is 11.6 Å². The number of amides is 1. The second kappa shape index (κ2) is 3.90. The van der Waals surface area contributed by atoms with Gasteiger partial charge < -0.3 is 4.57 Å². The molecule has 3 N–H and O–H groups in total. The van der Waals surface area contributed by atoms with E-state index in [0.29, 0.717) is 6.54 Å². The van der Waals surface area contributed by atoms with Crippen molar-refractivity contribution in [3.63, 3.8) is 0 Å². The highest BCUT2D eigenvalue weighted by Crippen LogP contribution is 2.16. The number of nitrogens with two attached hydrogens (primary N) is 1. The Morgan fingerprint density at radius 2 is 2.13 bits per heavy atom. The van der Waals surface area contributed by atoms with Crippen molar-refractivity contribution in [2.24, 2.45) is 18.3 Å². The van der Waals surface area contributed by atoms with Crippen LogP contribution in [-0.2, 0) is 18.4 Å². The maximum atomic E-state index is 11.5. The number of imidazole rings is 1. The number of rotatable bonds is 3. The summed E-state index contributed by atoms with van der Waals surface area (Å²) in [5.74, 6) is 4.77. The summed E-state index contributed by atoms with van der Waals surface area (Å²) in [5.41, 5.74) is 1.24. The van der Waals surface area contributed by atoms with Gasteiger partial charge in [-0.05, 0) is 13.8 Å². The summed E-state index contributed by atoms with van der Waals surface area (Å²) in [7, 11) is 1.66. The average Bonchev–Trinajstić information content (AvgIpc) is 2.48. The van der Waals surface area contributed by atoms with Crippen LogP contribution in [0.15, 0.2) is 17.2 Å². The third kappa shape index (κ3) is 2.27. The van der Waals surface area contributed by atoms with Crippen LogP contribution in [-0.4, -0.2) is 15.0 Å². The Labute approximate surface area is 87.7 Å². The minimum atomic E-state index is -0.708. The summed E-state index contributed by atoms with van der Waals surface area (Å²) in [4.78, 5) is 22.9. The van der Waals surface area contributed by atoms with E-state index in [0.717, 1.165) is 0 Å². The summed E-state index contributed by atoms with van der Waals surface area (Å²) in [6, 6.07) is 0. The normalized spacial score (nSPS) is 11.5. The van der Waals surface area contributed by atoms with E-state index < -0.39 is 5.41 Å². The Kier molecular flexibility index (Phi) is 2.99. The van der Waals surface area contributed by atoms with Gasteiger partial charge >= 0.3 is 5.69 Å². The molecule has 0 aromatic carbocycles. The number of aryl methyl sites for hydroxylation is 1. The highest BCUT2D eigenvalue weighted by molar-refractivity contribution is 5.81. The predicted octanol–water partition coefficient (Wildman–Crippen LogP) is -0.797. The Hall–Kier alpha value is -1.56. The Bertz CT molecular complexity index is 416. The minimum Gasteiger partial charge on any atom is -0.302 e. The van der Waals surface area contributed by atoms with Crippen molar-refractivity contribution in [1.82, 2.24) is 14.6 Å². The van der Waals surface area contributed by atoms with Crippen molar-refractivity contribution in [2.75, 3.05) is 0 Å². The van der Waals surface area contributed by atoms with Crippen molar-refractivity contribution in [3.8, 4) is 0 Å². The molecule has 1 amide bonds. The lowest BCUT2D eigenvalue weighted by molar-refractivity contribution is -0.130. The molecule has 0 unspecified atom stereocenters. The first-order chi connectivity index (χ1) is 6.88. The highest BCUT2D eigenvalue weighted by atomic mass is 16.2. The second-order valence-corrected chi connectivity index (χ2v) is 4.18. The van der Waals surface area contributed by atoms with Gasteiger partial charge in [-0.15, -0.1) is 0 Å². The molecule has 1 heterocycles. The summed E-state index contributed by atoms with van der Waals surface area (Å²) in [6.07, 6.45) is 3.30. The van der Waals surface area contributed by atoms with Crippen molar-refractivity contribution < 1.29 is 4.79 Å². The molecule has 0 radical (unpaired) electrons. The molecule has 0 spiro atoms. The number of aromatic nitrogens is 2. The molecule has 0 fully saturated rings. The standard InChI is InChI=1S/C9H16N4O2/c1-9(2,7(14)11-10)6-13-5-4-12(3)8(13)15/h4-5H,6,10H2,1-3H3,(H,11,14). The number of carbonyl (C=O) groups excluding carboxylic acids is 1. The van der Waals surface area contributed by atoms with Crippen LogP contribution in [0.25, 0.3) is 0 Å². The summed E-state index contributed by atoms with van der Waals surface area (Å²) in [5, 5.41) is 0. The monoisotopic (exact) mass is 212 g/mol. The molecule has 0 aliphatic rings. The molecule has 1 aromatic rings. The second-order valence-electron chi connectivity index (χ2n) is 4.18. The number of nitrogens with zero attached hydrogens (tertiary/aromatic N) is 2. The van der Waals surface area contributed by atoms with Crippen LogP contribution in [0.4, 0.5) is 0 Å². The Morgan fingerprint density at radius 3 is 2.53 bits per heavy atom. The highest BCUT2D eigenvalue weighted by Gasteiger charge is 2.28. The number of carbonyl (C=O) groups is 1. The van der Waals surface area contributed by atoms with E-state index in [1.165, 1.54) is 9.13 Å². The van der Waals surface area contributed by atoms with E-state index in [1.807, 2.05) is 0 Å². The number of hydrogen-bond acceptors (Lipinski definition) is 3. The minimum absolute atomic E-state index is 0.145. The molecule has 0 atom stereocenters. The van der Waals surface area contributed by atoms with E-state index in [9.17, 15) is 9.59 Å². The molecule has 0 saturated heterocycles. The Balaban J connectivity index is 2.91. The maximum Gasteiger partial charge on any atom is 0.327 e. The van der Waals surface area contributed by atoms with Gasteiger partial charge in [0.15, 0.2) is 0 Å².